The van der Waals surface area contributed by atoms with Crippen molar-refractivity contribution in [3.8, 4) is 0 Å². The van der Waals surface area contributed by atoms with Gasteiger partial charge in [0.1, 0.15) is 24.2 Å². The molecule has 0 rings (SSSR count). The van der Waals surface area contributed by atoms with Gasteiger partial charge in [-0.2, -0.15) is 0 Å². The van der Waals surface area contributed by atoms with E-state index in [1.807, 2.05) is 21.3 Å². The fourth-order valence-corrected chi connectivity index (χ4v) is 3.80. The number of nitrogens with two attached hydrogens (primary N) is 2. The topological polar surface area (TPSA) is 401 Å². The van der Waals surface area contributed by atoms with E-state index in [4.69, 9.17) is 21.7 Å². The second-order valence-corrected chi connectivity index (χ2v) is 10.4. The van der Waals surface area contributed by atoms with Gasteiger partial charge in [-0.05, 0) is 19.8 Å². The van der Waals surface area contributed by atoms with Gasteiger partial charge >= 0.3 is 23.9 Å². The molecule has 3 unspecified atom stereocenters. The van der Waals surface area contributed by atoms with Crippen LogP contribution in [0.3, 0.4) is 0 Å². The maximum atomic E-state index is 13.0. The van der Waals surface area contributed by atoms with Gasteiger partial charge in [0.05, 0.1) is 38.0 Å². The number of nitrogens with one attached hydrogen (secondary N) is 5. The molecule has 23 nitrogen and oxygen atoms in total. The molecule has 0 aliphatic heterocycles. The lowest BCUT2D eigenvalue weighted by atomic mass is 10.1. The monoisotopic (exact) mass is 705 g/mol. The molecule has 0 aromatic rings. The van der Waals surface area contributed by atoms with Crippen molar-refractivity contribution in [2.24, 2.45) is 11.5 Å². The number of aliphatic hydroxyl groups excluding tert-OH is 1. The summed E-state index contributed by atoms with van der Waals surface area (Å²) in [7, 11) is 0. The Bertz CT molecular complexity index is 1310. The van der Waals surface area contributed by atoms with Crippen LogP contribution in [0.4, 0.5) is 0 Å². The van der Waals surface area contributed by atoms with Gasteiger partial charge < -0.3 is 63.6 Å². The van der Waals surface area contributed by atoms with Crippen molar-refractivity contribution >= 4 is 65.1 Å². The van der Waals surface area contributed by atoms with E-state index in [-0.39, 0.29) is 6.42 Å². The summed E-state index contributed by atoms with van der Waals surface area (Å²) < 4.78 is 0. The summed E-state index contributed by atoms with van der Waals surface area (Å²) in [5.74, 6) is -14.2. The van der Waals surface area contributed by atoms with E-state index < -0.39 is 146 Å². The maximum absolute atomic E-state index is 13.0. The van der Waals surface area contributed by atoms with E-state index in [0.717, 1.165) is 6.92 Å². The number of carbonyl (C=O) groups excluding carboxylic acids is 7. The van der Waals surface area contributed by atoms with Crippen molar-refractivity contribution < 1.29 is 78.3 Å². The predicted molar refractivity (Wildman–Crippen MR) is 157 cm³/mol. The maximum Gasteiger partial charge on any atom is 0.305 e. The van der Waals surface area contributed by atoms with Gasteiger partial charge in [0.15, 0.2) is 5.78 Å². The van der Waals surface area contributed by atoms with Gasteiger partial charge in [-0.1, -0.05) is 0 Å². The van der Waals surface area contributed by atoms with Crippen LogP contribution in [-0.4, -0.2) is 133 Å². The molecular weight excluding hydrogens is 666 g/mol. The number of primary amides is 1. The number of carboxylic acids is 4. The second kappa shape index (κ2) is 21.2. The number of Topliss-reactive ketones (excluding diaryl/α,β-unsaturated/α-hetero) is 1. The Morgan fingerprint density at radius 2 is 0.857 bits per heavy atom. The Morgan fingerprint density at radius 3 is 1.22 bits per heavy atom. The lowest BCUT2D eigenvalue weighted by molar-refractivity contribution is -0.142. The zero-order valence-corrected chi connectivity index (χ0v) is 26.0. The third-order valence-corrected chi connectivity index (χ3v) is 6.34. The number of aliphatic hydroxyl groups is 1. The minimum Gasteiger partial charge on any atom is -0.481 e. The predicted octanol–water partition coefficient (Wildman–Crippen LogP) is -6.13. The smallest absolute Gasteiger partial charge is 0.305 e. The second-order valence-electron chi connectivity index (χ2n) is 10.4. The lowest BCUT2D eigenvalue weighted by Crippen LogP contribution is -2.60. The molecule has 0 aromatic heterocycles. The van der Waals surface area contributed by atoms with E-state index in [0.29, 0.717) is 0 Å². The van der Waals surface area contributed by atoms with Crippen molar-refractivity contribution in [1.29, 1.82) is 0 Å². The summed E-state index contributed by atoms with van der Waals surface area (Å²) in [6.45, 7) is -0.192. The van der Waals surface area contributed by atoms with Gasteiger partial charge in [-0.25, -0.2) is 0 Å². The van der Waals surface area contributed by atoms with Crippen LogP contribution in [0.1, 0.15) is 51.9 Å². The van der Waals surface area contributed by atoms with E-state index in [1.165, 1.54) is 0 Å². The Balaban J connectivity index is 5.92. The molecule has 0 saturated carbocycles. The Hall–Kier alpha value is -5.71. The fraction of sp³-hybridized carbons (Fsp3) is 0.577. The van der Waals surface area contributed by atoms with Crippen molar-refractivity contribution in [1.82, 2.24) is 26.6 Å². The molecule has 0 aromatic carbocycles. The molecule has 0 fully saturated rings. The van der Waals surface area contributed by atoms with Crippen LogP contribution >= 0.6 is 0 Å². The summed E-state index contributed by atoms with van der Waals surface area (Å²) in [6.07, 6.45) is -4.99. The molecule has 14 N–H and O–H groups in total. The average molecular weight is 706 g/mol. The first-order valence-electron chi connectivity index (χ1n) is 14.2. The molecule has 49 heavy (non-hydrogen) atoms. The van der Waals surface area contributed by atoms with E-state index in [1.54, 1.807) is 0 Å². The van der Waals surface area contributed by atoms with Crippen LogP contribution in [0.25, 0.3) is 0 Å². The van der Waals surface area contributed by atoms with Crippen molar-refractivity contribution in [2.75, 3.05) is 6.61 Å². The normalized spacial score (nSPS) is 14.3. The van der Waals surface area contributed by atoms with Gasteiger partial charge in [-0.15, -0.1) is 0 Å². The highest BCUT2D eigenvalue weighted by molar-refractivity contribution is 5.99. The fourth-order valence-electron chi connectivity index (χ4n) is 3.80. The average Bonchev–Trinajstić information content (AvgIpc) is 2.98. The Morgan fingerprint density at radius 1 is 0.510 bits per heavy atom. The molecule has 23 heteroatoms. The highest BCUT2D eigenvalue weighted by Gasteiger charge is 2.34. The molecule has 0 bridgehead atoms. The van der Waals surface area contributed by atoms with E-state index in [9.17, 15) is 68.1 Å². The number of aliphatic carboxylic acids is 4. The van der Waals surface area contributed by atoms with Gasteiger partial charge in [-0.3, -0.25) is 52.7 Å². The molecule has 0 aliphatic carbocycles. The Kier molecular flexibility index (Phi) is 18.7. The lowest BCUT2D eigenvalue weighted by Gasteiger charge is -2.25. The zero-order chi connectivity index (χ0) is 38.0. The molecule has 0 spiro atoms. The minimum atomic E-state index is -1.98. The van der Waals surface area contributed by atoms with Crippen LogP contribution < -0.4 is 38.1 Å². The van der Waals surface area contributed by atoms with Gasteiger partial charge in [0.2, 0.25) is 35.4 Å². The van der Waals surface area contributed by atoms with Crippen LogP contribution in [0.5, 0.6) is 0 Å². The van der Waals surface area contributed by atoms with Crippen LogP contribution in [0.15, 0.2) is 0 Å². The number of rotatable bonds is 24. The molecule has 0 saturated heterocycles. The number of carboxylic acid groups (broad SMARTS) is 4. The molecule has 0 heterocycles. The van der Waals surface area contributed by atoms with Crippen molar-refractivity contribution in [2.45, 2.75) is 88.1 Å². The highest BCUT2D eigenvalue weighted by atomic mass is 16.4. The third-order valence-electron chi connectivity index (χ3n) is 6.34. The summed E-state index contributed by atoms with van der Waals surface area (Å²) in [4.78, 5) is 132. The Labute approximate surface area is 276 Å². The number of ketones is 1. The van der Waals surface area contributed by atoms with Crippen molar-refractivity contribution in [3.05, 3.63) is 0 Å². The van der Waals surface area contributed by atoms with Crippen molar-refractivity contribution in [3.63, 3.8) is 0 Å². The number of amides is 6. The summed E-state index contributed by atoms with van der Waals surface area (Å²) in [5, 5.41) is 55.7. The molecule has 6 atom stereocenters. The molecule has 0 aliphatic rings. The zero-order valence-electron chi connectivity index (χ0n) is 26.0. The SMILES string of the molecule is CC(=O)C(CCC(=O)O)NC(=O)[C@@H](CC(=O)O)NC(=O)C(CO)NC(=O)[C@@H](CC(N)=O)NC(=O)C(CC(=O)O)NC(=O)[C@H](N)CCC(=O)O. The largest absolute Gasteiger partial charge is 0.481 e. The standard InChI is InChI=1S/C26H39N7O16/c1-10(35)12(3-5-19(39)40)29-24(47)15(8-21(43)44)32-26(49)16(9-34)33-23(46)13(6-17(28)36)31-25(48)14(7-20(41)42)30-22(45)11(27)2-4-18(37)38/h11-16,34H,2-9,27H2,1H3,(H2,28,36)(H,29,47)(H,30,45)(H,31,48)(H,32,49)(H,33,46)(H,37,38)(H,39,40)(H,41,42)(H,43,44)/t11-,12?,13-,14?,15-,16?/m1/s1. The minimum absolute atomic E-state index is 0.374. The first-order valence-corrected chi connectivity index (χ1v) is 14.2. The summed E-state index contributed by atoms with van der Waals surface area (Å²) >= 11 is 0. The molecule has 6 amide bonds. The van der Waals surface area contributed by atoms with Crippen LogP contribution in [-0.2, 0) is 52.7 Å². The van der Waals surface area contributed by atoms with Crippen LogP contribution in [0.2, 0.25) is 0 Å². The molecular formula is C26H39N7O16. The van der Waals surface area contributed by atoms with E-state index >= 15 is 0 Å². The van der Waals surface area contributed by atoms with E-state index in [2.05, 4.69) is 5.32 Å². The number of carbonyl (C=O) groups is 11. The number of hydrogen-bond donors (Lipinski definition) is 12. The highest BCUT2D eigenvalue weighted by Crippen LogP contribution is 2.04. The van der Waals surface area contributed by atoms with Gasteiger partial charge in [0, 0.05) is 12.8 Å². The first-order chi connectivity index (χ1) is 22.7. The van der Waals surface area contributed by atoms with Gasteiger partial charge in [0.25, 0.3) is 0 Å². The summed E-state index contributed by atoms with van der Waals surface area (Å²) in [6, 6.07) is -10.7. The summed E-state index contributed by atoms with van der Waals surface area (Å²) in [5.41, 5.74) is 10.7. The first kappa shape index (κ1) is 43.3. The molecule has 274 valence electrons. The van der Waals surface area contributed by atoms with Crippen LogP contribution in [0, 0.1) is 0 Å². The quantitative estimate of drug-likeness (QED) is 0.0444. The molecule has 0 radical (unpaired) electrons. The third kappa shape index (κ3) is 17.7. The number of hydrogen-bond acceptors (Lipinski definition) is 13.